The molecule has 0 rings (SSSR count). The molecular formula is C11H21N3O. The Morgan fingerprint density at radius 2 is 2.07 bits per heavy atom. The Kier molecular flexibility index (Phi) is 5.95. The van der Waals surface area contributed by atoms with Crippen LogP contribution in [0.15, 0.2) is 0 Å². The fourth-order valence-electron chi connectivity index (χ4n) is 1.38. The second kappa shape index (κ2) is 6.41. The molecule has 0 aliphatic rings. The van der Waals surface area contributed by atoms with E-state index in [1.807, 2.05) is 4.90 Å². The summed E-state index contributed by atoms with van der Waals surface area (Å²) in [5, 5.41) is 11.1. The molecule has 15 heavy (non-hydrogen) atoms. The zero-order chi connectivity index (χ0) is 11.9. The lowest BCUT2D eigenvalue weighted by atomic mass is 9.96. The number of nitrogens with one attached hydrogen (secondary N) is 1. The van der Waals surface area contributed by atoms with E-state index >= 15 is 0 Å². The van der Waals surface area contributed by atoms with Gasteiger partial charge in [0.15, 0.2) is 0 Å². The summed E-state index contributed by atoms with van der Waals surface area (Å²) < 4.78 is 0. The summed E-state index contributed by atoms with van der Waals surface area (Å²) in [6.07, 6.45) is 0.465. The minimum Gasteiger partial charge on any atom is -0.358 e. The van der Waals surface area contributed by atoms with E-state index in [0.29, 0.717) is 19.5 Å². The van der Waals surface area contributed by atoms with Crippen molar-refractivity contribution in [3.8, 4) is 6.07 Å². The van der Waals surface area contributed by atoms with Crippen molar-refractivity contribution < 1.29 is 4.79 Å². The average molecular weight is 211 g/mol. The van der Waals surface area contributed by atoms with Gasteiger partial charge in [-0.3, -0.25) is 9.69 Å². The van der Waals surface area contributed by atoms with Crippen LogP contribution < -0.4 is 5.32 Å². The summed E-state index contributed by atoms with van der Waals surface area (Å²) in [4.78, 5) is 13.3. The Balaban J connectivity index is 4.19. The highest BCUT2D eigenvalue weighted by atomic mass is 16.1. The monoisotopic (exact) mass is 211 g/mol. The first-order chi connectivity index (χ1) is 6.89. The third kappa shape index (κ3) is 7.95. The van der Waals surface area contributed by atoms with Crippen LogP contribution in [-0.2, 0) is 4.79 Å². The number of likely N-dealkylation sites (N-methyl/N-ethyl adjacent to an activating group) is 1. The maximum atomic E-state index is 11.2. The third-order valence-corrected chi connectivity index (χ3v) is 1.88. The van der Waals surface area contributed by atoms with E-state index < -0.39 is 0 Å². The van der Waals surface area contributed by atoms with Crippen molar-refractivity contribution in [2.45, 2.75) is 27.2 Å². The predicted molar refractivity (Wildman–Crippen MR) is 60.2 cm³/mol. The molecule has 0 aromatic rings. The first kappa shape index (κ1) is 13.9. The molecule has 0 atom stereocenters. The minimum atomic E-state index is -0.00260. The van der Waals surface area contributed by atoms with E-state index in [9.17, 15) is 4.79 Å². The second-order valence-corrected chi connectivity index (χ2v) is 4.85. The van der Waals surface area contributed by atoms with E-state index in [1.165, 1.54) is 0 Å². The highest BCUT2D eigenvalue weighted by Crippen LogP contribution is 2.14. The number of hydrogen-bond acceptors (Lipinski definition) is 3. The summed E-state index contributed by atoms with van der Waals surface area (Å²) >= 11 is 0. The number of hydrogen-bond donors (Lipinski definition) is 1. The van der Waals surface area contributed by atoms with E-state index in [0.717, 1.165) is 6.54 Å². The normalized spacial score (nSPS) is 11.2. The van der Waals surface area contributed by atoms with Gasteiger partial charge in [-0.2, -0.15) is 5.26 Å². The average Bonchev–Trinajstić information content (AvgIpc) is 2.11. The Morgan fingerprint density at radius 1 is 1.47 bits per heavy atom. The Labute approximate surface area is 92.3 Å². The van der Waals surface area contributed by atoms with Crippen molar-refractivity contribution in [2.75, 3.05) is 26.7 Å². The predicted octanol–water partition coefficient (Wildman–Crippen LogP) is 0.994. The van der Waals surface area contributed by atoms with Crippen molar-refractivity contribution in [2.24, 2.45) is 5.41 Å². The molecular weight excluding hydrogens is 190 g/mol. The van der Waals surface area contributed by atoms with Crippen LogP contribution in [0.4, 0.5) is 0 Å². The smallest absolute Gasteiger partial charge is 0.233 e. The van der Waals surface area contributed by atoms with Crippen LogP contribution in [0.5, 0.6) is 0 Å². The molecule has 0 unspecified atom stereocenters. The number of nitrogens with zero attached hydrogens (tertiary/aromatic N) is 2. The van der Waals surface area contributed by atoms with Crippen molar-refractivity contribution in [1.29, 1.82) is 5.26 Å². The molecule has 4 nitrogen and oxygen atoms in total. The lowest BCUT2D eigenvalue weighted by molar-refractivity contribution is -0.122. The molecule has 0 spiro atoms. The van der Waals surface area contributed by atoms with E-state index in [4.69, 9.17) is 5.26 Å². The van der Waals surface area contributed by atoms with E-state index in [1.54, 1.807) is 7.05 Å². The SMILES string of the molecule is CNC(=O)CN(CCC#N)CC(C)(C)C. The van der Waals surface area contributed by atoms with Gasteiger partial charge in [0.2, 0.25) is 5.91 Å². The fourth-order valence-corrected chi connectivity index (χ4v) is 1.38. The van der Waals surface area contributed by atoms with Gasteiger partial charge in [-0.1, -0.05) is 20.8 Å². The molecule has 86 valence electrons. The molecule has 0 aliphatic heterocycles. The molecule has 0 saturated heterocycles. The molecule has 0 aliphatic carbocycles. The lowest BCUT2D eigenvalue weighted by Crippen LogP contribution is -2.40. The minimum absolute atomic E-state index is 0.00260. The van der Waals surface area contributed by atoms with Crippen LogP contribution in [0.3, 0.4) is 0 Å². The van der Waals surface area contributed by atoms with Crippen LogP contribution >= 0.6 is 0 Å². The lowest BCUT2D eigenvalue weighted by Gasteiger charge is -2.28. The molecule has 0 aromatic heterocycles. The van der Waals surface area contributed by atoms with Crippen LogP contribution in [0.2, 0.25) is 0 Å². The molecule has 1 N–H and O–H groups in total. The second-order valence-electron chi connectivity index (χ2n) is 4.85. The van der Waals surface area contributed by atoms with Crippen LogP contribution in [0.1, 0.15) is 27.2 Å². The van der Waals surface area contributed by atoms with Crippen molar-refractivity contribution in [3.05, 3.63) is 0 Å². The van der Waals surface area contributed by atoms with Gasteiger partial charge in [-0.25, -0.2) is 0 Å². The van der Waals surface area contributed by atoms with E-state index in [2.05, 4.69) is 32.2 Å². The summed E-state index contributed by atoms with van der Waals surface area (Å²) in [7, 11) is 1.63. The summed E-state index contributed by atoms with van der Waals surface area (Å²) in [5.74, 6) is -0.00260. The number of carbonyl (C=O) groups is 1. The van der Waals surface area contributed by atoms with Gasteiger partial charge in [0.05, 0.1) is 12.6 Å². The molecule has 0 fully saturated rings. The van der Waals surface area contributed by atoms with Gasteiger partial charge in [-0.05, 0) is 5.41 Å². The zero-order valence-electron chi connectivity index (χ0n) is 10.1. The summed E-state index contributed by atoms with van der Waals surface area (Å²) in [5.41, 5.74) is 0.142. The van der Waals surface area contributed by atoms with Crippen molar-refractivity contribution in [3.63, 3.8) is 0 Å². The van der Waals surface area contributed by atoms with Gasteiger partial charge < -0.3 is 5.32 Å². The maximum Gasteiger partial charge on any atom is 0.233 e. The molecule has 0 bridgehead atoms. The number of amides is 1. The Bertz CT molecular complexity index is 237. The molecule has 0 saturated carbocycles. The highest BCUT2D eigenvalue weighted by molar-refractivity contribution is 5.77. The number of carbonyl (C=O) groups excluding carboxylic acids is 1. The van der Waals surface area contributed by atoms with Crippen LogP contribution in [0.25, 0.3) is 0 Å². The Morgan fingerprint density at radius 3 is 2.47 bits per heavy atom. The molecule has 0 heterocycles. The highest BCUT2D eigenvalue weighted by Gasteiger charge is 2.17. The Hall–Kier alpha value is -1.08. The van der Waals surface area contributed by atoms with Gasteiger partial charge in [0, 0.05) is 26.6 Å². The fraction of sp³-hybridized carbons (Fsp3) is 0.818. The quantitative estimate of drug-likeness (QED) is 0.738. The summed E-state index contributed by atoms with van der Waals surface area (Å²) in [6.45, 7) is 8.21. The number of nitriles is 1. The van der Waals surface area contributed by atoms with Crippen molar-refractivity contribution >= 4 is 5.91 Å². The third-order valence-electron chi connectivity index (χ3n) is 1.88. The van der Waals surface area contributed by atoms with Gasteiger partial charge >= 0.3 is 0 Å². The largest absolute Gasteiger partial charge is 0.358 e. The number of rotatable bonds is 5. The molecule has 0 radical (unpaired) electrons. The van der Waals surface area contributed by atoms with Gasteiger partial charge in [0.1, 0.15) is 0 Å². The first-order valence-corrected chi connectivity index (χ1v) is 5.19. The summed E-state index contributed by atoms with van der Waals surface area (Å²) in [6, 6.07) is 2.10. The maximum absolute atomic E-state index is 11.2. The zero-order valence-corrected chi connectivity index (χ0v) is 10.1. The first-order valence-electron chi connectivity index (χ1n) is 5.19. The van der Waals surface area contributed by atoms with Crippen molar-refractivity contribution in [1.82, 2.24) is 10.2 Å². The molecule has 1 amide bonds. The van der Waals surface area contributed by atoms with Crippen LogP contribution in [-0.4, -0.2) is 37.5 Å². The molecule has 0 aromatic carbocycles. The van der Waals surface area contributed by atoms with E-state index in [-0.39, 0.29) is 11.3 Å². The molecule has 4 heteroatoms. The topological polar surface area (TPSA) is 56.1 Å². The van der Waals surface area contributed by atoms with Gasteiger partial charge in [-0.15, -0.1) is 0 Å². The standard InChI is InChI=1S/C11H21N3O/c1-11(2,3)9-14(7-5-6-12)8-10(15)13-4/h5,7-9H2,1-4H3,(H,13,15). The van der Waals surface area contributed by atoms with Gasteiger partial charge in [0.25, 0.3) is 0 Å². The van der Waals surface area contributed by atoms with Crippen LogP contribution in [0, 0.1) is 16.7 Å².